The molecule has 22 heavy (non-hydrogen) atoms. The van der Waals surface area contributed by atoms with Crippen molar-refractivity contribution in [2.75, 3.05) is 0 Å². The highest BCUT2D eigenvalue weighted by Crippen LogP contribution is 2.37. The predicted octanol–water partition coefficient (Wildman–Crippen LogP) is 4.12. The third-order valence-corrected chi connectivity index (χ3v) is 3.13. The van der Waals surface area contributed by atoms with Crippen LogP contribution in [0, 0.1) is 0 Å². The standard InChI is InChI=1S/C16H10F3NO2/c17-16(18,19)14-13(11-7-3-1-4-8-11)22-15(21)20(14)12-9-5-2-6-10-12/h1-10H. The van der Waals surface area contributed by atoms with Gasteiger partial charge in [0.15, 0.2) is 11.5 Å². The Kier molecular flexibility index (Phi) is 3.36. The summed E-state index contributed by atoms with van der Waals surface area (Å²) in [6.45, 7) is 0. The van der Waals surface area contributed by atoms with Crippen LogP contribution in [0.3, 0.4) is 0 Å². The lowest BCUT2D eigenvalue weighted by molar-refractivity contribution is -0.142. The van der Waals surface area contributed by atoms with Gasteiger partial charge in [-0.15, -0.1) is 0 Å². The van der Waals surface area contributed by atoms with Gasteiger partial charge in [-0.3, -0.25) is 0 Å². The molecular formula is C16H10F3NO2. The van der Waals surface area contributed by atoms with Crippen molar-refractivity contribution >= 4 is 0 Å². The third kappa shape index (κ3) is 2.43. The quantitative estimate of drug-likeness (QED) is 0.714. The van der Waals surface area contributed by atoms with Gasteiger partial charge in [-0.05, 0) is 12.1 Å². The van der Waals surface area contributed by atoms with Crippen LogP contribution in [0.2, 0.25) is 0 Å². The summed E-state index contributed by atoms with van der Waals surface area (Å²) in [5.41, 5.74) is -0.817. The molecule has 2 aromatic carbocycles. The van der Waals surface area contributed by atoms with E-state index in [4.69, 9.17) is 4.42 Å². The predicted molar refractivity (Wildman–Crippen MR) is 74.7 cm³/mol. The van der Waals surface area contributed by atoms with Crippen molar-refractivity contribution in [2.45, 2.75) is 6.18 Å². The number of alkyl halides is 3. The van der Waals surface area contributed by atoms with E-state index < -0.39 is 23.4 Å². The number of para-hydroxylation sites is 1. The van der Waals surface area contributed by atoms with Crippen molar-refractivity contribution in [3.8, 4) is 17.0 Å². The first-order valence-electron chi connectivity index (χ1n) is 6.42. The summed E-state index contributed by atoms with van der Waals surface area (Å²) in [4.78, 5) is 12.0. The molecule has 0 fully saturated rings. The normalized spacial score (nSPS) is 11.6. The van der Waals surface area contributed by atoms with Crippen LogP contribution in [0.5, 0.6) is 0 Å². The molecule has 0 aliphatic carbocycles. The molecule has 1 aromatic heterocycles. The molecule has 3 rings (SSSR count). The van der Waals surface area contributed by atoms with Crippen LogP contribution in [0.15, 0.2) is 69.9 Å². The minimum absolute atomic E-state index is 0.103. The van der Waals surface area contributed by atoms with E-state index in [0.717, 1.165) is 0 Å². The Morgan fingerprint density at radius 3 is 1.95 bits per heavy atom. The average Bonchev–Trinajstić information content (AvgIpc) is 2.87. The van der Waals surface area contributed by atoms with Crippen LogP contribution in [0.25, 0.3) is 17.0 Å². The Morgan fingerprint density at radius 2 is 1.41 bits per heavy atom. The molecule has 3 nitrogen and oxygen atoms in total. The van der Waals surface area contributed by atoms with E-state index in [1.54, 1.807) is 36.4 Å². The monoisotopic (exact) mass is 305 g/mol. The van der Waals surface area contributed by atoms with Gasteiger partial charge in [0.2, 0.25) is 0 Å². The molecule has 0 N–H and O–H groups in total. The molecule has 0 aliphatic rings. The molecule has 0 saturated heterocycles. The number of nitrogens with zero attached hydrogens (tertiary/aromatic N) is 1. The van der Waals surface area contributed by atoms with Gasteiger partial charge in [0, 0.05) is 5.56 Å². The largest absolute Gasteiger partial charge is 0.435 e. The topological polar surface area (TPSA) is 35.1 Å². The second kappa shape index (κ2) is 5.22. The van der Waals surface area contributed by atoms with Crippen molar-refractivity contribution in [1.82, 2.24) is 4.57 Å². The SMILES string of the molecule is O=c1oc(-c2ccccc2)c(C(F)(F)F)n1-c1ccccc1. The molecule has 0 saturated carbocycles. The van der Waals surface area contributed by atoms with Crippen molar-refractivity contribution < 1.29 is 17.6 Å². The average molecular weight is 305 g/mol. The van der Waals surface area contributed by atoms with Gasteiger partial charge >= 0.3 is 11.9 Å². The molecule has 3 aromatic rings. The van der Waals surface area contributed by atoms with Crippen molar-refractivity contribution in [2.24, 2.45) is 0 Å². The van der Waals surface area contributed by atoms with Gasteiger partial charge in [0.25, 0.3) is 0 Å². The minimum atomic E-state index is -4.73. The number of hydrogen-bond donors (Lipinski definition) is 0. The Labute approximate surface area is 123 Å². The van der Waals surface area contributed by atoms with Crippen LogP contribution in [0.4, 0.5) is 13.2 Å². The molecule has 6 heteroatoms. The van der Waals surface area contributed by atoms with Crippen LogP contribution in [-0.4, -0.2) is 4.57 Å². The number of oxazole rings is 1. The number of benzene rings is 2. The van der Waals surface area contributed by atoms with Crippen molar-refractivity contribution in [3.05, 3.63) is 76.9 Å². The lowest BCUT2D eigenvalue weighted by atomic mass is 10.1. The summed E-state index contributed by atoms with van der Waals surface area (Å²) in [6, 6.07) is 15.3. The Hall–Kier alpha value is -2.76. The minimum Gasteiger partial charge on any atom is -0.407 e. The Bertz CT molecular complexity index is 833. The zero-order chi connectivity index (χ0) is 15.7. The summed E-state index contributed by atoms with van der Waals surface area (Å²) in [5.74, 6) is -1.56. The van der Waals surface area contributed by atoms with Gasteiger partial charge in [-0.1, -0.05) is 48.5 Å². The van der Waals surface area contributed by atoms with Gasteiger partial charge < -0.3 is 4.42 Å². The number of halogens is 3. The molecule has 0 aliphatic heterocycles. The van der Waals surface area contributed by atoms with Gasteiger partial charge in [0.1, 0.15) is 0 Å². The van der Waals surface area contributed by atoms with Crippen molar-refractivity contribution in [1.29, 1.82) is 0 Å². The zero-order valence-corrected chi connectivity index (χ0v) is 11.2. The lowest BCUT2D eigenvalue weighted by Gasteiger charge is -2.11. The summed E-state index contributed by atoms with van der Waals surface area (Å²) in [6.07, 6.45) is -4.73. The fourth-order valence-corrected chi connectivity index (χ4v) is 2.23. The van der Waals surface area contributed by atoms with E-state index >= 15 is 0 Å². The van der Waals surface area contributed by atoms with E-state index in [0.29, 0.717) is 4.57 Å². The summed E-state index contributed by atoms with van der Waals surface area (Å²) in [5, 5.41) is 0. The van der Waals surface area contributed by atoms with E-state index in [-0.39, 0.29) is 11.3 Å². The number of aromatic nitrogens is 1. The maximum atomic E-state index is 13.5. The van der Waals surface area contributed by atoms with Gasteiger partial charge in [-0.2, -0.15) is 13.2 Å². The molecule has 0 unspecified atom stereocenters. The van der Waals surface area contributed by atoms with Crippen LogP contribution < -0.4 is 5.76 Å². The van der Waals surface area contributed by atoms with Crippen LogP contribution in [-0.2, 0) is 6.18 Å². The Balaban J connectivity index is 2.33. The van der Waals surface area contributed by atoms with Crippen LogP contribution >= 0.6 is 0 Å². The fraction of sp³-hybridized carbons (Fsp3) is 0.0625. The first-order chi connectivity index (χ1) is 10.5. The summed E-state index contributed by atoms with van der Waals surface area (Å²) in [7, 11) is 0. The zero-order valence-electron chi connectivity index (χ0n) is 11.2. The number of rotatable bonds is 2. The smallest absolute Gasteiger partial charge is 0.407 e. The van der Waals surface area contributed by atoms with Gasteiger partial charge in [0.05, 0.1) is 5.69 Å². The summed E-state index contributed by atoms with van der Waals surface area (Å²) < 4.78 is 45.9. The molecule has 0 radical (unpaired) electrons. The first kappa shape index (κ1) is 14.2. The lowest BCUT2D eigenvalue weighted by Crippen LogP contribution is -2.20. The van der Waals surface area contributed by atoms with E-state index in [2.05, 4.69) is 0 Å². The van der Waals surface area contributed by atoms with E-state index in [1.807, 2.05) is 0 Å². The Morgan fingerprint density at radius 1 is 0.864 bits per heavy atom. The number of hydrogen-bond acceptors (Lipinski definition) is 2. The maximum absolute atomic E-state index is 13.5. The highest BCUT2D eigenvalue weighted by molar-refractivity contribution is 5.61. The van der Waals surface area contributed by atoms with Crippen LogP contribution in [0.1, 0.15) is 5.69 Å². The molecule has 1 heterocycles. The molecular weight excluding hydrogens is 295 g/mol. The van der Waals surface area contributed by atoms with E-state index in [1.165, 1.54) is 24.3 Å². The van der Waals surface area contributed by atoms with Crippen molar-refractivity contribution in [3.63, 3.8) is 0 Å². The second-order valence-electron chi connectivity index (χ2n) is 4.58. The second-order valence-corrected chi connectivity index (χ2v) is 4.58. The fourth-order valence-electron chi connectivity index (χ4n) is 2.23. The first-order valence-corrected chi connectivity index (χ1v) is 6.42. The highest BCUT2D eigenvalue weighted by atomic mass is 19.4. The van der Waals surface area contributed by atoms with E-state index in [9.17, 15) is 18.0 Å². The molecule has 112 valence electrons. The molecule has 0 bridgehead atoms. The molecule has 0 amide bonds. The summed E-state index contributed by atoms with van der Waals surface area (Å²) >= 11 is 0. The molecule has 0 atom stereocenters. The molecule has 0 spiro atoms. The third-order valence-electron chi connectivity index (χ3n) is 3.13. The maximum Gasteiger partial charge on any atom is 0.435 e. The highest BCUT2D eigenvalue weighted by Gasteiger charge is 2.41. The van der Waals surface area contributed by atoms with Gasteiger partial charge in [-0.25, -0.2) is 9.36 Å².